The molecule has 0 saturated carbocycles. The normalized spacial score (nSPS) is 13.3. The maximum absolute atomic E-state index is 13.5. The van der Waals surface area contributed by atoms with E-state index in [0.29, 0.717) is 0 Å². The molecule has 1 aromatic heterocycles. The minimum absolute atomic E-state index is 0.0444. The summed E-state index contributed by atoms with van der Waals surface area (Å²) >= 11 is 0.754. The van der Waals surface area contributed by atoms with Gasteiger partial charge in [-0.05, 0) is 35.7 Å². The Balaban J connectivity index is 2.34. The van der Waals surface area contributed by atoms with E-state index in [1.54, 1.807) is 6.92 Å². The number of alkyl halides is 3. The van der Waals surface area contributed by atoms with Gasteiger partial charge in [-0.3, -0.25) is 4.98 Å². The summed E-state index contributed by atoms with van der Waals surface area (Å²) in [5, 5.41) is 0. The van der Waals surface area contributed by atoms with Crippen molar-refractivity contribution >= 4 is 11.9 Å². The fourth-order valence-electron chi connectivity index (χ4n) is 2.04. The summed E-state index contributed by atoms with van der Waals surface area (Å²) in [7, 11) is 0. The molecule has 1 atom stereocenters. The van der Waals surface area contributed by atoms with Crippen molar-refractivity contribution < 1.29 is 22.0 Å². The summed E-state index contributed by atoms with van der Waals surface area (Å²) in [6.07, 6.45) is -2.31. The Bertz CT molecular complexity index is 645. The Labute approximate surface area is 134 Å². The maximum atomic E-state index is 13.5. The van der Waals surface area contributed by atoms with Crippen molar-refractivity contribution in [3.8, 4) is 0 Å². The largest absolute Gasteiger partial charge is 0.408 e. The van der Waals surface area contributed by atoms with Gasteiger partial charge in [0.05, 0.1) is 6.20 Å². The van der Waals surface area contributed by atoms with Crippen molar-refractivity contribution in [2.45, 2.75) is 24.0 Å². The number of nitrogens with zero attached hydrogens (tertiary/aromatic N) is 2. The summed E-state index contributed by atoms with van der Waals surface area (Å²) < 4.78 is 67.7. The van der Waals surface area contributed by atoms with Gasteiger partial charge in [0.25, 0.3) is 0 Å². The van der Waals surface area contributed by atoms with E-state index >= 15 is 0 Å². The summed E-state index contributed by atoms with van der Waals surface area (Å²) in [6, 6.07) is 3.33. The van der Waals surface area contributed by atoms with E-state index in [1.807, 2.05) is 0 Å². The van der Waals surface area contributed by atoms with Crippen LogP contribution in [0.4, 0.5) is 22.0 Å². The first-order valence-corrected chi connectivity index (χ1v) is 7.46. The predicted octanol–water partition coefficient (Wildman–Crippen LogP) is 4.99. The lowest BCUT2D eigenvalue weighted by atomic mass is 10.1. The molecule has 124 valence electrons. The third kappa shape index (κ3) is 4.65. The highest BCUT2D eigenvalue weighted by Crippen LogP contribution is 2.42. The molecule has 8 heteroatoms. The molecule has 1 aromatic carbocycles. The van der Waals surface area contributed by atoms with Crippen molar-refractivity contribution in [3.05, 3.63) is 59.9 Å². The van der Waals surface area contributed by atoms with Crippen LogP contribution >= 0.6 is 11.9 Å². The molecule has 1 heterocycles. The molecule has 0 saturated heterocycles. The average molecular weight is 348 g/mol. The van der Waals surface area contributed by atoms with Gasteiger partial charge >= 0.3 is 6.18 Å². The Hall–Kier alpha value is -1.67. The third-order valence-electron chi connectivity index (χ3n) is 3.00. The molecule has 0 amide bonds. The van der Waals surface area contributed by atoms with Gasteiger partial charge in [0.1, 0.15) is 17.7 Å². The quantitative estimate of drug-likeness (QED) is 0.559. The van der Waals surface area contributed by atoms with Crippen LogP contribution in [0.25, 0.3) is 0 Å². The lowest BCUT2D eigenvalue weighted by molar-refractivity contribution is -0.172. The van der Waals surface area contributed by atoms with E-state index in [-0.39, 0.29) is 17.0 Å². The molecule has 0 aliphatic heterocycles. The van der Waals surface area contributed by atoms with Crippen LogP contribution in [0.1, 0.15) is 18.5 Å². The number of hydrogen-bond donors (Lipinski definition) is 0. The van der Waals surface area contributed by atoms with E-state index in [0.717, 1.165) is 52.8 Å². The first-order valence-electron chi connectivity index (χ1n) is 6.68. The van der Waals surface area contributed by atoms with Gasteiger partial charge < -0.3 is 0 Å². The number of pyridine rings is 1. The van der Waals surface area contributed by atoms with Gasteiger partial charge in [0, 0.05) is 17.6 Å². The summed E-state index contributed by atoms with van der Waals surface area (Å²) in [5.41, 5.74) is -0.0855. The molecular formula is C15H13F5N2S. The Kier molecular flexibility index (Phi) is 5.59. The standard InChI is InChI=1S/C15H13F5N2S/c1-2-22(23-13-7-12(17)8-21-9-13)14(15(18,19)20)10-3-5-11(16)6-4-10/h3-9,14H,2H2,1H3/t14-/m1/s1. The predicted molar refractivity (Wildman–Crippen MR) is 77.6 cm³/mol. The third-order valence-corrected chi connectivity index (χ3v) is 4.14. The molecule has 0 radical (unpaired) electrons. The fraction of sp³-hybridized carbons (Fsp3) is 0.267. The van der Waals surface area contributed by atoms with Crippen molar-refractivity contribution in [1.29, 1.82) is 0 Å². The van der Waals surface area contributed by atoms with Crippen LogP contribution in [0.2, 0.25) is 0 Å². The van der Waals surface area contributed by atoms with Crippen LogP contribution in [-0.2, 0) is 0 Å². The number of halogens is 5. The van der Waals surface area contributed by atoms with Crippen LogP contribution in [0, 0.1) is 11.6 Å². The van der Waals surface area contributed by atoms with Crippen molar-refractivity contribution in [3.63, 3.8) is 0 Å². The molecule has 2 rings (SSSR count). The van der Waals surface area contributed by atoms with E-state index < -0.39 is 23.9 Å². The van der Waals surface area contributed by atoms with Gasteiger partial charge in [-0.1, -0.05) is 19.1 Å². The average Bonchev–Trinajstić information content (AvgIpc) is 2.47. The van der Waals surface area contributed by atoms with Gasteiger partial charge in [0.15, 0.2) is 0 Å². The second-order valence-electron chi connectivity index (χ2n) is 4.66. The SMILES string of the molecule is CCN(Sc1cncc(F)c1)[C@H](c1ccc(F)cc1)C(F)(F)F. The van der Waals surface area contributed by atoms with Gasteiger partial charge in [0.2, 0.25) is 0 Å². The van der Waals surface area contributed by atoms with Crippen LogP contribution in [0.15, 0.2) is 47.6 Å². The second-order valence-corrected chi connectivity index (χ2v) is 5.78. The molecule has 0 fully saturated rings. The molecule has 0 unspecified atom stereocenters. The fourth-order valence-corrected chi connectivity index (χ4v) is 3.06. The summed E-state index contributed by atoms with van der Waals surface area (Å²) in [4.78, 5) is 3.88. The minimum Gasteiger partial charge on any atom is -0.260 e. The van der Waals surface area contributed by atoms with Gasteiger partial charge in [-0.2, -0.15) is 13.2 Å². The number of benzene rings is 1. The number of aromatic nitrogens is 1. The molecule has 0 spiro atoms. The first kappa shape index (κ1) is 17.7. The molecule has 2 aromatic rings. The Morgan fingerprint density at radius 2 is 1.74 bits per heavy atom. The zero-order valence-corrected chi connectivity index (χ0v) is 12.8. The highest BCUT2D eigenvalue weighted by molar-refractivity contribution is 7.97. The topological polar surface area (TPSA) is 16.1 Å². The number of hydrogen-bond acceptors (Lipinski definition) is 3. The highest BCUT2D eigenvalue weighted by Gasteiger charge is 2.44. The Morgan fingerprint density at radius 3 is 2.26 bits per heavy atom. The lowest BCUT2D eigenvalue weighted by Crippen LogP contribution is -2.34. The van der Waals surface area contributed by atoms with Crippen LogP contribution < -0.4 is 0 Å². The number of rotatable bonds is 5. The van der Waals surface area contributed by atoms with Crippen LogP contribution in [-0.4, -0.2) is 22.0 Å². The van der Waals surface area contributed by atoms with Gasteiger partial charge in [-0.25, -0.2) is 13.1 Å². The molecule has 0 bridgehead atoms. The molecule has 2 nitrogen and oxygen atoms in total. The first-order chi connectivity index (χ1) is 10.8. The minimum atomic E-state index is -4.57. The molecule has 0 aliphatic rings. The Morgan fingerprint density at radius 1 is 1.09 bits per heavy atom. The van der Waals surface area contributed by atoms with E-state index in [2.05, 4.69) is 4.98 Å². The molecule has 0 N–H and O–H groups in total. The van der Waals surface area contributed by atoms with E-state index in [4.69, 9.17) is 0 Å². The molecule has 0 aliphatic carbocycles. The zero-order valence-electron chi connectivity index (χ0n) is 12.0. The van der Waals surface area contributed by atoms with Crippen LogP contribution in [0.3, 0.4) is 0 Å². The van der Waals surface area contributed by atoms with Crippen molar-refractivity contribution in [2.24, 2.45) is 0 Å². The summed E-state index contributed by atoms with van der Waals surface area (Å²) in [5.74, 6) is -1.24. The van der Waals surface area contributed by atoms with Crippen molar-refractivity contribution in [1.82, 2.24) is 9.29 Å². The molecular weight excluding hydrogens is 335 g/mol. The summed E-state index contributed by atoms with van der Waals surface area (Å²) in [6.45, 7) is 1.60. The highest BCUT2D eigenvalue weighted by atomic mass is 32.2. The second kappa shape index (κ2) is 7.27. The van der Waals surface area contributed by atoms with Crippen molar-refractivity contribution in [2.75, 3.05) is 6.54 Å². The van der Waals surface area contributed by atoms with Gasteiger partial charge in [-0.15, -0.1) is 0 Å². The lowest BCUT2D eigenvalue weighted by Gasteiger charge is -2.31. The van der Waals surface area contributed by atoms with Crippen LogP contribution in [0.5, 0.6) is 0 Å². The monoisotopic (exact) mass is 348 g/mol. The zero-order chi connectivity index (χ0) is 17.0. The maximum Gasteiger partial charge on any atom is 0.408 e. The van der Waals surface area contributed by atoms with E-state index in [1.165, 1.54) is 6.20 Å². The van der Waals surface area contributed by atoms with E-state index in [9.17, 15) is 22.0 Å². The smallest absolute Gasteiger partial charge is 0.260 e. The molecule has 23 heavy (non-hydrogen) atoms.